The van der Waals surface area contributed by atoms with Crippen LogP contribution in [0.1, 0.15) is 0 Å². The number of nitrogens with one attached hydrogen (secondary N) is 1. The van der Waals surface area contributed by atoms with E-state index in [4.69, 9.17) is 0 Å². The molecule has 0 unspecified atom stereocenters. The van der Waals surface area contributed by atoms with E-state index in [1.807, 2.05) is 0 Å². The van der Waals surface area contributed by atoms with Gasteiger partial charge in [-0.05, 0) is 12.1 Å². The molecule has 0 aliphatic carbocycles. The molecule has 0 aliphatic heterocycles. The molecule has 17 heavy (non-hydrogen) atoms. The molecule has 0 fully saturated rings. The van der Waals surface area contributed by atoms with Crippen molar-refractivity contribution >= 4 is 11.4 Å². The molecule has 7 nitrogen and oxygen atoms in total. The molecule has 2 aromatic rings. The van der Waals surface area contributed by atoms with Gasteiger partial charge in [-0.25, -0.2) is 0 Å². The number of hydrogen-bond acceptors (Lipinski definition) is 4. The second-order valence-electron chi connectivity index (χ2n) is 3.34. The van der Waals surface area contributed by atoms with Crippen molar-refractivity contribution in [1.82, 2.24) is 4.98 Å². The third kappa shape index (κ3) is 2.12. The zero-order chi connectivity index (χ0) is 12.4. The van der Waals surface area contributed by atoms with E-state index in [1.54, 1.807) is 18.3 Å². The molecule has 86 valence electrons. The summed E-state index contributed by atoms with van der Waals surface area (Å²) in [5.74, 6) is 0. The summed E-state index contributed by atoms with van der Waals surface area (Å²) >= 11 is 0. The van der Waals surface area contributed by atoms with E-state index in [0.29, 0.717) is 11.3 Å². The van der Waals surface area contributed by atoms with Crippen LogP contribution in [-0.2, 0) is 0 Å². The summed E-state index contributed by atoms with van der Waals surface area (Å²) in [7, 11) is 0. The van der Waals surface area contributed by atoms with E-state index in [1.165, 1.54) is 12.1 Å². The molecule has 1 heterocycles. The van der Waals surface area contributed by atoms with Gasteiger partial charge in [0.2, 0.25) is 0 Å². The average molecular weight is 233 g/mol. The summed E-state index contributed by atoms with van der Waals surface area (Å²) < 4.78 is 0. The lowest BCUT2D eigenvalue weighted by molar-refractivity contribution is -0.394. The molecule has 1 aromatic carbocycles. The number of aromatic amines is 1. The van der Waals surface area contributed by atoms with Gasteiger partial charge in [-0.15, -0.1) is 0 Å². The fraction of sp³-hybridized carbons (Fsp3) is 0. The number of nitro groups is 2. The Morgan fingerprint density at radius 3 is 2.00 bits per heavy atom. The van der Waals surface area contributed by atoms with Crippen molar-refractivity contribution in [3.05, 3.63) is 56.8 Å². The highest BCUT2D eigenvalue weighted by atomic mass is 16.6. The van der Waals surface area contributed by atoms with Gasteiger partial charge in [0.1, 0.15) is 0 Å². The predicted octanol–water partition coefficient (Wildman–Crippen LogP) is 2.50. The standard InChI is InChI=1S/C10H7N3O4/c14-12(15)8-4-7(10-2-1-3-11-10)5-9(6-8)13(16)17/h1-6,11H. The maximum atomic E-state index is 10.7. The molecule has 2 rings (SSSR count). The number of benzene rings is 1. The van der Waals surface area contributed by atoms with E-state index in [9.17, 15) is 20.2 Å². The van der Waals surface area contributed by atoms with Crippen LogP contribution in [-0.4, -0.2) is 14.8 Å². The van der Waals surface area contributed by atoms with Crippen LogP contribution in [0.3, 0.4) is 0 Å². The maximum Gasteiger partial charge on any atom is 0.276 e. The molecule has 0 saturated heterocycles. The number of rotatable bonds is 3. The van der Waals surface area contributed by atoms with Crippen molar-refractivity contribution in [2.75, 3.05) is 0 Å². The Morgan fingerprint density at radius 2 is 1.59 bits per heavy atom. The summed E-state index contributed by atoms with van der Waals surface area (Å²) in [6.07, 6.45) is 1.64. The highest BCUT2D eigenvalue weighted by Crippen LogP contribution is 2.28. The van der Waals surface area contributed by atoms with Gasteiger partial charge >= 0.3 is 0 Å². The molecule has 0 aliphatic rings. The molecule has 1 N–H and O–H groups in total. The largest absolute Gasteiger partial charge is 0.361 e. The van der Waals surface area contributed by atoms with Crippen molar-refractivity contribution in [1.29, 1.82) is 0 Å². The molecule has 0 amide bonds. The minimum Gasteiger partial charge on any atom is -0.361 e. The number of aromatic nitrogens is 1. The van der Waals surface area contributed by atoms with Gasteiger partial charge in [-0.3, -0.25) is 20.2 Å². The molecule has 0 saturated carbocycles. The normalized spacial score (nSPS) is 10.1. The Kier molecular flexibility index (Phi) is 2.57. The number of nitrogens with zero attached hydrogens (tertiary/aromatic N) is 2. The van der Waals surface area contributed by atoms with E-state index in [0.717, 1.165) is 6.07 Å². The van der Waals surface area contributed by atoms with Gasteiger partial charge in [0, 0.05) is 29.6 Å². The first-order valence-corrected chi connectivity index (χ1v) is 4.65. The molecular formula is C10H7N3O4. The van der Waals surface area contributed by atoms with E-state index in [2.05, 4.69) is 4.98 Å². The fourth-order valence-corrected chi connectivity index (χ4v) is 1.47. The summed E-state index contributed by atoms with van der Waals surface area (Å²) in [5, 5.41) is 21.3. The smallest absolute Gasteiger partial charge is 0.276 e. The molecule has 1 aromatic heterocycles. The van der Waals surface area contributed by atoms with E-state index >= 15 is 0 Å². The van der Waals surface area contributed by atoms with Crippen molar-refractivity contribution in [3.63, 3.8) is 0 Å². The van der Waals surface area contributed by atoms with Crippen molar-refractivity contribution in [2.45, 2.75) is 0 Å². The van der Waals surface area contributed by atoms with Gasteiger partial charge in [0.05, 0.1) is 15.9 Å². The minimum atomic E-state index is -0.653. The topological polar surface area (TPSA) is 102 Å². The maximum absolute atomic E-state index is 10.7. The SMILES string of the molecule is O=[N+]([O-])c1cc(-c2ccc[nH]2)cc([N+](=O)[O-])c1. The minimum absolute atomic E-state index is 0.302. The molecule has 0 spiro atoms. The van der Waals surface area contributed by atoms with Crippen LogP contribution in [0, 0.1) is 20.2 Å². The van der Waals surface area contributed by atoms with Crippen molar-refractivity contribution in [3.8, 4) is 11.3 Å². The summed E-state index contributed by atoms with van der Waals surface area (Å²) in [4.78, 5) is 22.9. The Hall–Kier alpha value is -2.70. The Balaban J connectivity index is 2.60. The quantitative estimate of drug-likeness (QED) is 0.649. The summed E-state index contributed by atoms with van der Waals surface area (Å²) in [6.45, 7) is 0. The first-order valence-electron chi connectivity index (χ1n) is 4.65. The molecule has 0 atom stereocenters. The number of nitro benzene ring substituents is 2. The van der Waals surface area contributed by atoms with E-state index < -0.39 is 9.85 Å². The van der Waals surface area contributed by atoms with Crippen LogP contribution in [0.2, 0.25) is 0 Å². The monoisotopic (exact) mass is 233 g/mol. The van der Waals surface area contributed by atoms with Crippen LogP contribution < -0.4 is 0 Å². The number of non-ortho nitro benzene ring substituents is 2. The van der Waals surface area contributed by atoms with Gasteiger partial charge in [-0.2, -0.15) is 0 Å². The zero-order valence-electron chi connectivity index (χ0n) is 8.49. The molecule has 7 heteroatoms. The number of H-pyrrole nitrogens is 1. The Bertz CT molecular complexity index is 545. The first kappa shape index (κ1) is 10.8. The van der Waals surface area contributed by atoms with Gasteiger partial charge in [0.25, 0.3) is 11.4 Å². The molecular weight excluding hydrogens is 226 g/mol. The second kappa shape index (κ2) is 4.05. The predicted molar refractivity (Wildman–Crippen MR) is 59.5 cm³/mol. The Morgan fingerprint density at radius 1 is 1.00 bits per heavy atom. The van der Waals surface area contributed by atoms with Crippen LogP contribution in [0.15, 0.2) is 36.5 Å². The molecule has 0 bridgehead atoms. The highest BCUT2D eigenvalue weighted by Gasteiger charge is 2.17. The summed E-state index contributed by atoms with van der Waals surface area (Å²) in [5.41, 5.74) is 0.403. The summed E-state index contributed by atoms with van der Waals surface area (Å²) in [6, 6.07) is 6.91. The average Bonchev–Trinajstić information content (AvgIpc) is 2.81. The number of hydrogen-bond donors (Lipinski definition) is 1. The Labute approximate surface area is 95.0 Å². The van der Waals surface area contributed by atoms with Gasteiger partial charge in [0.15, 0.2) is 0 Å². The van der Waals surface area contributed by atoms with Crippen LogP contribution in [0.25, 0.3) is 11.3 Å². The van der Waals surface area contributed by atoms with E-state index in [-0.39, 0.29) is 11.4 Å². The zero-order valence-corrected chi connectivity index (χ0v) is 8.49. The van der Waals surface area contributed by atoms with Gasteiger partial charge < -0.3 is 4.98 Å². The fourth-order valence-electron chi connectivity index (χ4n) is 1.47. The van der Waals surface area contributed by atoms with Gasteiger partial charge in [-0.1, -0.05) is 0 Å². The highest BCUT2D eigenvalue weighted by molar-refractivity contribution is 5.66. The lowest BCUT2D eigenvalue weighted by atomic mass is 10.1. The van der Waals surface area contributed by atoms with Crippen LogP contribution in [0.4, 0.5) is 11.4 Å². The van der Waals surface area contributed by atoms with Crippen LogP contribution in [0.5, 0.6) is 0 Å². The van der Waals surface area contributed by atoms with Crippen molar-refractivity contribution in [2.24, 2.45) is 0 Å². The van der Waals surface area contributed by atoms with Crippen molar-refractivity contribution < 1.29 is 9.85 Å². The lowest BCUT2D eigenvalue weighted by Crippen LogP contribution is -1.93. The van der Waals surface area contributed by atoms with Crippen LogP contribution >= 0.6 is 0 Å². The second-order valence-corrected chi connectivity index (χ2v) is 3.34. The third-order valence-electron chi connectivity index (χ3n) is 2.23. The third-order valence-corrected chi connectivity index (χ3v) is 2.23. The first-order chi connectivity index (χ1) is 8.08. The lowest BCUT2D eigenvalue weighted by Gasteiger charge is -1.99. The molecule has 0 radical (unpaired) electrons.